The van der Waals surface area contributed by atoms with Crippen LogP contribution >= 0.6 is 22.9 Å². The Morgan fingerprint density at radius 3 is 3.04 bits per heavy atom. The third kappa shape index (κ3) is 3.93. The van der Waals surface area contributed by atoms with Gasteiger partial charge in [-0.05, 0) is 29.1 Å². The first-order chi connectivity index (χ1) is 13.1. The Hall–Kier alpha value is -2.15. The molecule has 2 aromatic heterocycles. The zero-order valence-electron chi connectivity index (χ0n) is 14.6. The van der Waals surface area contributed by atoms with Gasteiger partial charge in [-0.15, -0.1) is 11.3 Å². The number of ketones is 1. The molecule has 27 heavy (non-hydrogen) atoms. The molecular weight excluding hydrogens is 384 g/mol. The number of fused-ring (bicyclic) bond motifs is 1. The van der Waals surface area contributed by atoms with Crippen LogP contribution in [0.25, 0.3) is 10.9 Å². The summed E-state index contributed by atoms with van der Waals surface area (Å²) >= 11 is 7.45. The fourth-order valence-corrected chi connectivity index (χ4v) is 4.32. The summed E-state index contributed by atoms with van der Waals surface area (Å²) in [6.45, 7) is 1.40. The van der Waals surface area contributed by atoms with Crippen molar-refractivity contribution in [2.24, 2.45) is 0 Å². The molecule has 1 unspecified atom stereocenters. The SMILES string of the molecule is O=C(CC1COCCN1C(=O)Cc1c[nH]c2cc(Cl)ccc12)c1cccs1. The van der Waals surface area contributed by atoms with Gasteiger partial charge in [-0.1, -0.05) is 23.7 Å². The molecule has 1 aliphatic rings. The third-order valence-corrected chi connectivity index (χ3v) is 5.98. The lowest BCUT2D eigenvalue weighted by molar-refractivity contribution is -0.138. The number of Topliss-reactive ketones (excluding diaryl/α,β-unsaturated/α-hetero) is 1. The van der Waals surface area contributed by atoms with Crippen molar-refractivity contribution in [2.45, 2.75) is 18.9 Å². The highest BCUT2D eigenvalue weighted by molar-refractivity contribution is 7.12. The summed E-state index contributed by atoms with van der Waals surface area (Å²) in [6, 6.07) is 9.06. The maximum absolute atomic E-state index is 13.0. The number of carbonyl (C=O) groups excluding carboxylic acids is 2. The van der Waals surface area contributed by atoms with Crippen LogP contribution in [0.4, 0.5) is 0 Å². The van der Waals surface area contributed by atoms with E-state index in [-0.39, 0.29) is 30.6 Å². The lowest BCUT2D eigenvalue weighted by atomic mass is 10.0. The summed E-state index contributed by atoms with van der Waals surface area (Å²) in [5.41, 5.74) is 1.85. The van der Waals surface area contributed by atoms with E-state index in [9.17, 15) is 9.59 Å². The molecule has 1 saturated heterocycles. The van der Waals surface area contributed by atoms with Crippen LogP contribution < -0.4 is 0 Å². The molecule has 5 nitrogen and oxygen atoms in total. The number of ether oxygens (including phenoxy) is 1. The molecule has 7 heteroatoms. The van der Waals surface area contributed by atoms with Crippen LogP contribution in [0.2, 0.25) is 5.02 Å². The van der Waals surface area contributed by atoms with Crippen molar-refractivity contribution in [3.63, 3.8) is 0 Å². The van der Waals surface area contributed by atoms with Crippen LogP contribution in [0.5, 0.6) is 0 Å². The number of aromatic nitrogens is 1. The van der Waals surface area contributed by atoms with Crippen LogP contribution in [-0.2, 0) is 16.0 Å². The molecule has 1 atom stereocenters. The van der Waals surface area contributed by atoms with Gasteiger partial charge in [-0.3, -0.25) is 9.59 Å². The van der Waals surface area contributed by atoms with Crippen molar-refractivity contribution < 1.29 is 14.3 Å². The number of halogens is 1. The molecule has 3 heterocycles. The predicted octanol–water partition coefficient (Wildman–Crippen LogP) is 3.93. The maximum atomic E-state index is 13.0. The van der Waals surface area contributed by atoms with Crippen molar-refractivity contribution >= 4 is 45.5 Å². The number of benzene rings is 1. The number of hydrogen-bond acceptors (Lipinski definition) is 4. The first-order valence-corrected chi connectivity index (χ1v) is 10.1. The molecule has 0 spiro atoms. The average Bonchev–Trinajstić information content (AvgIpc) is 3.32. The number of nitrogens with one attached hydrogen (secondary N) is 1. The van der Waals surface area contributed by atoms with E-state index in [1.54, 1.807) is 4.90 Å². The number of amides is 1. The molecule has 140 valence electrons. The highest BCUT2D eigenvalue weighted by Gasteiger charge is 2.30. The van der Waals surface area contributed by atoms with Gasteiger partial charge in [0.05, 0.1) is 30.6 Å². The average molecular weight is 403 g/mol. The minimum atomic E-state index is -0.222. The molecule has 1 aliphatic heterocycles. The Labute approximate surface area is 165 Å². The van der Waals surface area contributed by atoms with Gasteiger partial charge in [-0.2, -0.15) is 0 Å². The Morgan fingerprint density at radius 1 is 1.33 bits per heavy atom. The molecule has 0 saturated carbocycles. The number of aromatic amines is 1. The summed E-state index contributed by atoms with van der Waals surface area (Å²) in [5.74, 6) is 0.0677. The number of H-pyrrole nitrogens is 1. The topological polar surface area (TPSA) is 62.4 Å². The Balaban J connectivity index is 1.49. The highest BCUT2D eigenvalue weighted by Crippen LogP contribution is 2.24. The van der Waals surface area contributed by atoms with Crippen LogP contribution in [-0.4, -0.2) is 47.4 Å². The first kappa shape index (κ1) is 18.2. The lowest BCUT2D eigenvalue weighted by Crippen LogP contribution is -2.50. The van der Waals surface area contributed by atoms with E-state index in [0.29, 0.717) is 24.8 Å². The Morgan fingerprint density at radius 2 is 2.22 bits per heavy atom. The second kappa shape index (κ2) is 7.84. The van der Waals surface area contributed by atoms with E-state index < -0.39 is 0 Å². The van der Waals surface area contributed by atoms with Crippen LogP contribution in [0.3, 0.4) is 0 Å². The van der Waals surface area contributed by atoms with Gasteiger partial charge in [0, 0.05) is 35.1 Å². The van der Waals surface area contributed by atoms with Crippen LogP contribution in [0, 0.1) is 0 Å². The number of thiophene rings is 1. The summed E-state index contributed by atoms with van der Waals surface area (Å²) in [4.78, 5) is 31.1. The molecular formula is C20H19ClN2O3S. The van der Waals surface area contributed by atoms with E-state index in [1.807, 2.05) is 41.9 Å². The summed E-state index contributed by atoms with van der Waals surface area (Å²) < 4.78 is 5.54. The molecule has 1 aromatic carbocycles. The van der Waals surface area contributed by atoms with Crippen LogP contribution in [0.1, 0.15) is 21.7 Å². The Kier molecular flexibility index (Phi) is 5.29. The minimum absolute atomic E-state index is 0.0122. The number of carbonyl (C=O) groups is 2. The number of morpholine rings is 1. The fraction of sp³-hybridized carbons (Fsp3) is 0.300. The molecule has 4 rings (SSSR count). The molecule has 0 radical (unpaired) electrons. The Bertz CT molecular complexity index is 967. The van der Waals surface area contributed by atoms with Gasteiger partial charge in [0.1, 0.15) is 0 Å². The van der Waals surface area contributed by atoms with E-state index in [4.69, 9.17) is 16.3 Å². The normalized spacial score (nSPS) is 17.4. The number of rotatable bonds is 5. The van der Waals surface area contributed by atoms with Gasteiger partial charge in [0.15, 0.2) is 5.78 Å². The lowest BCUT2D eigenvalue weighted by Gasteiger charge is -2.35. The number of nitrogens with zero attached hydrogens (tertiary/aromatic N) is 1. The maximum Gasteiger partial charge on any atom is 0.227 e. The second-order valence-electron chi connectivity index (χ2n) is 6.60. The third-order valence-electron chi connectivity index (χ3n) is 4.84. The minimum Gasteiger partial charge on any atom is -0.377 e. The highest BCUT2D eigenvalue weighted by atomic mass is 35.5. The first-order valence-electron chi connectivity index (χ1n) is 8.81. The molecule has 0 bridgehead atoms. The van der Waals surface area contributed by atoms with Crippen molar-refractivity contribution in [2.75, 3.05) is 19.8 Å². The molecule has 1 fully saturated rings. The molecule has 1 N–H and O–H groups in total. The van der Waals surface area contributed by atoms with Gasteiger partial charge in [0.25, 0.3) is 0 Å². The second-order valence-corrected chi connectivity index (χ2v) is 7.99. The number of hydrogen-bond donors (Lipinski definition) is 1. The van der Waals surface area contributed by atoms with E-state index in [0.717, 1.165) is 21.3 Å². The van der Waals surface area contributed by atoms with E-state index >= 15 is 0 Å². The monoisotopic (exact) mass is 402 g/mol. The van der Waals surface area contributed by atoms with Gasteiger partial charge < -0.3 is 14.6 Å². The van der Waals surface area contributed by atoms with E-state index in [1.165, 1.54) is 11.3 Å². The van der Waals surface area contributed by atoms with Gasteiger partial charge in [0.2, 0.25) is 5.91 Å². The molecule has 3 aromatic rings. The zero-order chi connectivity index (χ0) is 18.8. The fourth-order valence-electron chi connectivity index (χ4n) is 3.47. The quantitative estimate of drug-likeness (QED) is 0.658. The predicted molar refractivity (Wildman–Crippen MR) is 107 cm³/mol. The van der Waals surface area contributed by atoms with Crippen molar-refractivity contribution in [3.05, 3.63) is 57.4 Å². The zero-order valence-corrected chi connectivity index (χ0v) is 16.2. The standard InChI is InChI=1S/C20H19ClN2O3S/c21-14-3-4-16-13(11-22-17(16)9-14)8-20(25)23-5-6-26-12-15(23)10-18(24)19-2-1-7-27-19/h1-4,7,9,11,15,22H,5-6,8,10,12H2. The van der Waals surface area contributed by atoms with Gasteiger partial charge in [-0.25, -0.2) is 0 Å². The van der Waals surface area contributed by atoms with E-state index in [2.05, 4.69) is 4.98 Å². The van der Waals surface area contributed by atoms with Crippen molar-refractivity contribution in [1.29, 1.82) is 0 Å². The van der Waals surface area contributed by atoms with Crippen LogP contribution in [0.15, 0.2) is 41.9 Å². The smallest absolute Gasteiger partial charge is 0.227 e. The molecule has 0 aliphatic carbocycles. The molecule has 1 amide bonds. The van der Waals surface area contributed by atoms with Gasteiger partial charge >= 0.3 is 0 Å². The summed E-state index contributed by atoms with van der Waals surface area (Å²) in [5, 5.41) is 3.53. The van der Waals surface area contributed by atoms with Crippen molar-refractivity contribution in [1.82, 2.24) is 9.88 Å². The largest absolute Gasteiger partial charge is 0.377 e. The summed E-state index contributed by atoms with van der Waals surface area (Å²) in [6.07, 6.45) is 2.42. The van der Waals surface area contributed by atoms with Crippen molar-refractivity contribution in [3.8, 4) is 0 Å². The summed E-state index contributed by atoms with van der Waals surface area (Å²) in [7, 11) is 0.